The Hall–Kier alpha value is -0.870. The molecule has 148 valence electrons. The van der Waals surface area contributed by atoms with E-state index in [2.05, 4.69) is 20.8 Å². The average molecular weight is 357 g/mol. The van der Waals surface area contributed by atoms with Crippen LogP contribution in [0.1, 0.15) is 85.5 Å². The molecule has 2 atom stereocenters. The van der Waals surface area contributed by atoms with E-state index in [-0.39, 0.29) is 0 Å². The number of aliphatic carboxylic acids is 1. The van der Waals surface area contributed by atoms with Crippen LogP contribution in [0.15, 0.2) is 12.2 Å². The Balaban J connectivity index is 5.18. The quantitative estimate of drug-likeness (QED) is 0.238. The molecule has 0 saturated carbocycles. The largest absolute Gasteiger partial charge is 0.477 e. The zero-order valence-electron chi connectivity index (χ0n) is 17.0. The lowest BCUT2D eigenvalue weighted by Crippen LogP contribution is -2.61. The van der Waals surface area contributed by atoms with Crippen LogP contribution in [-0.4, -0.2) is 52.4 Å². The molecule has 0 fully saturated rings. The van der Waals surface area contributed by atoms with Gasteiger partial charge in [-0.2, -0.15) is 0 Å². The van der Waals surface area contributed by atoms with Gasteiger partial charge in [0.05, 0.1) is 13.1 Å². The second-order valence-corrected chi connectivity index (χ2v) is 7.41. The first-order chi connectivity index (χ1) is 11.9. The van der Waals surface area contributed by atoms with Gasteiger partial charge in [-0.25, -0.2) is 4.79 Å². The Morgan fingerprint density at radius 3 is 1.92 bits per heavy atom. The molecule has 2 N–H and O–H groups in total. The number of carboxylic acid groups (broad SMARTS) is 1. The molecule has 0 saturated heterocycles. The summed E-state index contributed by atoms with van der Waals surface area (Å²) in [6.45, 7) is 10.5. The van der Waals surface area contributed by atoms with Gasteiger partial charge in [0.2, 0.25) is 0 Å². The Labute approximate surface area is 155 Å². The van der Waals surface area contributed by atoms with Gasteiger partial charge in [-0.1, -0.05) is 58.6 Å². The van der Waals surface area contributed by atoms with Crippen LogP contribution in [0.4, 0.5) is 0 Å². The Kier molecular flexibility index (Phi) is 13.8. The number of unbranched alkanes of at least 4 members (excludes halogenated alkanes) is 6. The highest BCUT2D eigenvalue weighted by Crippen LogP contribution is 2.21. The second-order valence-electron chi connectivity index (χ2n) is 7.41. The molecule has 0 amide bonds. The molecule has 0 heterocycles. The van der Waals surface area contributed by atoms with E-state index in [1.807, 2.05) is 19.1 Å². The highest BCUT2D eigenvalue weighted by molar-refractivity contribution is 5.71. The maximum atomic E-state index is 11.8. The topological polar surface area (TPSA) is 57.5 Å². The Morgan fingerprint density at radius 1 is 0.960 bits per heavy atom. The van der Waals surface area contributed by atoms with Crippen LogP contribution in [0.2, 0.25) is 0 Å². The molecule has 0 aromatic rings. The number of aliphatic hydroxyl groups is 1. The predicted molar refractivity (Wildman–Crippen MR) is 106 cm³/mol. The normalized spacial score (nSPS) is 14.8. The van der Waals surface area contributed by atoms with Crippen molar-refractivity contribution >= 4 is 5.97 Å². The summed E-state index contributed by atoms with van der Waals surface area (Å²) in [7, 11) is 0. The van der Waals surface area contributed by atoms with Gasteiger partial charge in [-0.05, 0) is 39.0 Å². The number of quaternary nitrogens is 1. The summed E-state index contributed by atoms with van der Waals surface area (Å²) in [6, 6.07) is -0.479. The summed E-state index contributed by atoms with van der Waals surface area (Å²) in [4.78, 5) is 11.8. The summed E-state index contributed by atoms with van der Waals surface area (Å²) in [5.74, 6) is -0.754. The van der Waals surface area contributed by atoms with Gasteiger partial charge in [0.15, 0.2) is 6.04 Å². The highest BCUT2D eigenvalue weighted by atomic mass is 16.4. The molecule has 0 aliphatic carbocycles. The van der Waals surface area contributed by atoms with E-state index in [4.69, 9.17) is 0 Å². The molecule has 0 aromatic carbocycles. The van der Waals surface area contributed by atoms with Crippen molar-refractivity contribution in [2.45, 2.75) is 97.6 Å². The molecule has 0 rings (SSSR count). The minimum atomic E-state index is -0.754. The summed E-state index contributed by atoms with van der Waals surface area (Å²) in [6.07, 6.45) is 13.1. The minimum Gasteiger partial charge on any atom is -0.477 e. The van der Waals surface area contributed by atoms with E-state index in [0.29, 0.717) is 11.0 Å². The lowest BCUT2D eigenvalue weighted by atomic mass is 10.1. The van der Waals surface area contributed by atoms with Crippen molar-refractivity contribution in [3.8, 4) is 0 Å². The molecule has 0 bridgehead atoms. The molecule has 0 aliphatic rings. The first-order valence-electron chi connectivity index (χ1n) is 10.4. The molecular formula is C21H42NO3+. The maximum absolute atomic E-state index is 11.8. The molecule has 2 unspecified atom stereocenters. The van der Waals surface area contributed by atoms with Gasteiger partial charge >= 0.3 is 5.97 Å². The van der Waals surface area contributed by atoms with Crippen LogP contribution in [0.3, 0.4) is 0 Å². The molecule has 0 radical (unpaired) electrons. The lowest BCUT2D eigenvalue weighted by molar-refractivity contribution is -0.944. The Morgan fingerprint density at radius 2 is 1.48 bits per heavy atom. The van der Waals surface area contributed by atoms with Crippen molar-refractivity contribution in [1.29, 1.82) is 0 Å². The first kappa shape index (κ1) is 24.1. The number of carbonyl (C=O) groups is 1. The third-order valence-electron chi connectivity index (χ3n) is 5.23. The van der Waals surface area contributed by atoms with Crippen LogP contribution in [0.25, 0.3) is 0 Å². The van der Waals surface area contributed by atoms with Crippen molar-refractivity contribution in [3.63, 3.8) is 0 Å². The van der Waals surface area contributed by atoms with Gasteiger partial charge in [0, 0.05) is 0 Å². The van der Waals surface area contributed by atoms with Gasteiger partial charge in [0.1, 0.15) is 12.6 Å². The van der Waals surface area contributed by atoms with E-state index in [9.17, 15) is 15.0 Å². The number of rotatable bonds is 16. The van der Waals surface area contributed by atoms with E-state index < -0.39 is 18.1 Å². The monoisotopic (exact) mass is 356 g/mol. The standard InChI is InChI=1S/C21H41NO3/c1-5-8-11-12-15-20(23)18-22(16-13-9-6-2,17-14-10-7-3)19(4)21(24)25/h12,15,19-20,23H,5-11,13-14,16-18H2,1-4H3/p+1/b15-12+. The predicted octanol–water partition coefficient (Wildman–Crippen LogP) is 4.76. The van der Waals surface area contributed by atoms with Crippen molar-refractivity contribution in [1.82, 2.24) is 0 Å². The second kappa shape index (κ2) is 14.3. The molecule has 0 aliphatic heterocycles. The number of aliphatic hydroxyl groups excluding tert-OH is 1. The summed E-state index contributed by atoms with van der Waals surface area (Å²) >= 11 is 0. The van der Waals surface area contributed by atoms with Gasteiger partial charge in [-0.3, -0.25) is 0 Å². The van der Waals surface area contributed by atoms with E-state index in [1.54, 1.807) is 0 Å². The zero-order valence-corrected chi connectivity index (χ0v) is 17.0. The number of hydrogen-bond acceptors (Lipinski definition) is 2. The van der Waals surface area contributed by atoms with Crippen LogP contribution < -0.4 is 0 Å². The van der Waals surface area contributed by atoms with Crippen molar-refractivity contribution < 1.29 is 19.5 Å². The molecule has 25 heavy (non-hydrogen) atoms. The third-order valence-corrected chi connectivity index (χ3v) is 5.23. The molecule has 4 heteroatoms. The van der Waals surface area contributed by atoms with Crippen LogP contribution in [0.5, 0.6) is 0 Å². The number of hydrogen-bond donors (Lipinski definition) is 2. The highest BCUT2D eigenvalue weighted by Gasteiger charge is 2.39. The third kappa shape index (κ3) is 10.0. The number of nitrogens with zero attached hydrogens (tertiary/aromatic N) is 1. The number of carboxylic acids is 1. The van der Waals surface area contributed by atoms with Crippen LogP contribution in [-0.2, 0) is 4.79 Å². The van der Waals surface area contributed by atoms with Crippen molar-refractivity contribution in [3.05, 3.63) is 12.2 Å². The van der Waals surface area contributed by atoms with Crippen molar-refractivity contribution in [2.24, 2.45) is 0 Å². The number of allylic oxidation sites excluding steroid dienone is 1. The van der Waals surface area contributed by atoms with E-state index in [0.717, 1.165) is 70.9 Å². The van der Waals surface area contributed by atoms with Gasteiger partial charge in [-0.15, -0.1) is 0 Å². The fourth-order valence-corrected chi connectivity index (χ4v) is 3.44. The zero-order chi connectivity index (χ0) is 19.1. The average Bonchev–Trinajstić information content (AvgIpc) is 2.58. The van der Waals surface area contributed by atoms with Crippen LogP contribution >= 0.6 is 0 Å². The van der Waals surface area contributed by atoms with Crippen molar-refractivity contribution in [2.75, 3.05) is 19.6 Å². The molecule has 0 aromatic heterocycles. The smallest absolute Gasteiger partial charge is 0.362 e. The van der Waals surface area contributed by atoms with Gasteiger partial charge < -0.3 is 14.7 Å². The van der Waals surface area contributed by atoms with Crippen LogP contribution in [0, 0.1) is 0 Å². The fourth-order valence-electron chi connectivity index (χ4n) is 3.44. The molecule has 4 nitrogen and oxygen atoms in total. The first-order valence-corrected chi connectivity index (χ1v) is 10.4. The SMILES string of the molecule is CCCC/C=C/C(O)C[N+](CCCCC)(CCCCC)C(C)C(=O)O. The fraction of sp³-hybridized carbons (Fsp3) is 0.857. The summed E-state index contributed by atoms with van der Waals surface area (Å²) in [5, 5.41) is 20.2. The summed E-state index contributed by atoms with van der Waals surface area (Å²) in [5.41, 5.74) is 0. The van der Waals surface area contributed by atoms with E-state index >= 15 is 0 Å². The Bertz CT molecular complexity index is 358. The molecular weight excluding hydrogens is 314 g/mol. The lowest BCUT2D eigenvalue weighted by Gasteiger charge is -2.43. The minimum absolute atomic E-state index is 0.479. The summed E-state index contributed by atoms with van der Waals surface area (Å²) < 4.78 is 0.495. The van der Waals surface area contributed by atoms with Gasteiger partial charge in [0.25, 0.3) is 0 Å². The van der Waals surface area contributed by atoms with E-state index in [1.165, 1.54) is 0 Å². The maximum Gasteiger partial charge on any atom is 0.362 e. The molecule has 0 spiro atoms.